The second kappa shape index (κ2) is 16.0. The van der Waals surface area contributed by atoms with E-state index in [1.165, 1.54) is 16.7 Å². The van der Waals surface area contributed by atoms with E-state index in [1.807, 2.05) is 50.3 Å². The van der Waals surface area contributed by atoms with Crippen molar-refractivity contribution in [3.63, 3.8) is 0 Å². The largest absolute Gasteiger partial charge is 0.389 e. The van der Waals surface area contributed by atoms with Gasteiger partial charge in [0.15, 0.2) is 5.78 Å². The molecular weight excluding hydrogens is 528 g/mol. The summed E-state index contributed by atoms with van der Waals surface area (Å²) in [5, 5.41) is 20.1. The maximum Gasteiger partial charge on any atom is 0.187 e. The first kappa shape index (κ1) is 35.9. The van der Waals surface area contributed by atoms with Crippen molar-refractivity contribution in [2.45, 2.75) is 94.3 Å². The van der Waals surface area contributed by atoms with Gasteiger partial charge in [-0.15, -0.1) is 0 Å². The minimum absolute atomic E-state index is 0.0473. The molecule has 3 nitrogen and oxygen atoms in total. The van der Waals surface area contributed by atoms with Crippen molar-refractivity contribution in [1.82, 2.24) is 0 Å². The van der Waals surface area contributed by atoms with E-state index in [9.17, 15) is 15.0 Å². The Bertz CT molecular complexity index is 1360. The molecule has 3 heteroatoms. The van der Waals surface area contributed by atoms with Crippen LogP contribution in [0.4, 0.5) is 0 Å². The zero-order valence-electron chi connectivity index (χ0n) is 28.1. The molecule has 0 aromatic heterocycles. The summed E-state index contributed by atoms with van der Waals surface area (Å²) in [5.41, 5.74) is 7.29. The van der Waals surface area contributed by atoms with E-state index in [2.05, 4.69) is 110 Å². The summed E-state index contributed by atoms with van der Waals surface area (Å²) < 4.78 is 0. The molecular formula is C40H54O3. The fourth-order valence-electron chi connectivity index (χ4n) is 5.89. The van der Waals surface area contributed by atoms with E-state index in [4.69, 9.17) is 0 Å². The van der Waals surface area contributed by atoms with E-state index >= 15 is 0 Å². The van der Waals surface area contributed by atoms with Crippen molar-refractivity contribution in [3.05, 3.63) is 130 Å². The molecule has 0 radical (unpaired) electrons. The highest BCUT2D eigenvalue weighted by molar-refractivity contribution is 6.00. The Labute approximate surface area is 261 Å². The summed E-state index contributed by atoms with van der Waals surface area (Å²) in [6.45, 7) is 20.8. The third-order valence-electron chi connectivity index (χ3n) is 8.36. The summed E-state index contributed by atoms with van der Waals surface area (Å²) in [6.07, 6.45) is 31.2. The minimum Gasteiger partial charge on any atom is -0.389 e. The second-order valence-corrected chi connectivity index (χ2v) is 13.6. The van der Waals surface area contributed by atoms with Gasteiger partial charge in [0, 0.05) is 5.92 Å². The van der Waals surface area contributed by atoms with Crippen molar-refractivity contribution >= 4 is 5.78 Å². The monoisotopic (exact) mass is 582 g/mol. The van der Waals surface area contributed by atoms with Crippen LogP contribution in [0.5, 0.6) is 0 Å². The third-order valence-corrected chi connectivity index (χ3v) is 8.36. The number of hydrogen-bond donors (Lipinski definition) is 2. The zero-order chi connectivity index (χ0) is 32.4. The molecule has 0 aliphatic heterocycles. The van der Waals surface area contributed by atoms with Crippen LogP contribution >= 0.6 is 0 Å². The average Bonchev–Trinajstić information content (AvgIpc) is 2.88. The molecule has 0 amide bonds. The molecule has 0 saturated heterocycles. The highest BCUT2D eigenvalue weighted by Crippen LogP contribution is 2.42. The minimum atomic E-state index is -0.898. The number of allylic oxidation sites excluding steroid dienone is 20. The summed E-state index contributed by atoms with van der Waals surface area (Å²) in [7, 11) is 0. The molecule has 2 rings (SSSR count). The highest BCUT2D eigenvalue weighted by Gasteiger charge is 2.36. The van der Waals surface area contributed by atoms with Crippen LogP contribution in [0.2, 0.25) is 0 Å². The van der Waals surface area contributed by atoms with E-state index in [1.54, 1.807) is 0 Å². The van der Waals surface area contributed by atoms with Crippen molar-refractivity contribution < 1.29 is 15.0 Å². The zero-order valence-corrected chi connectivity index (χ0v) is 28.1. The molecule has 0 saturated carbocycles. The van der Waals surface area contributed by atoms with Crippen LogP contribution in [0.25, 0.3) is 0 Å². The molecule has 43 heavy (non-hydrogen) atoms. The molecule has 232 valence electrons. The standard InChI is InChI=1S/C40H54O3/c1-28(17-13-19-30(3)21-23-35-32(5)25-34(41)26-39(35,7)8)15-11-12-16-29(2)18-14-20-31(4)22-24-36-33(6)38(43)37(42)27-40(36,9)10/h11-25,34-35,37,41-42H,26-27H2,1-10H3/b12-11+,17-13+,18-14+,23-21+,24-22+,28-15+,29-16-,30-19+,31-20+/t34-,35+,37+/m1/s1. The van der Waals surface area contributed by atoms with Gasteiger partial charge in [0.2, 0.25) is 0 Å². The Hall–Kier alpha value is -3.27. The number of aliphatic hydroxyl groups excluding tert-OH is 2. The Morgan fingerprint density at radius 1 is 0.744 bits per heavy atom. The first-order valence-electron chi connectivity index (χ1n) is 15.4. The summed E-state index contributed by atoms with van der Waals surface area (Å²) >= 11 is 0. The second-order valence-electron chi connectivity index (χ2n) is 13.6. The van der Waals surface area contributed by atoms with Crippen molar-refractivity contribution in [2.24, 2.45) is 16.7 Å². The van der Waals surface area contributed by atoms with Gasteiger partial charge in [-0.2, -0.15) is 0 Å². The average molecular weight is 583 g/mol. The predicted molar refractivity (Wildman–Crippen MR) is 184 cm³/mol. The first-order valence-corrected chi connectivity index (χ1v) is 15.4. The smallest absolute Gasteiger partial charge is 0.187 e. The molecule has 0 spiro atoms. The van der Waals surface area contributed by atoms with Crippen LogP contribution in [0.15, 0.2) is 130 Å². The number of aliphatic hydroxyl groups is 2. The lowest BCUT2D eigenvalue weighted by Crippen LogP contribution is -2.35. The van der Waals surface area contributed by atoms with Gasteiger partial charge < -0.3 is 10.2 Å². The maximum atomic E-state index is 12.2. The Kier molecular flexibility index (Phi) is 13.4. The van der Waals surface area contributed by atoms with E-state index in [-0.39, 0.29) is 22.7 Å². The molecule has 2 aliphatic carbocycles. The van der Waals surface area contributed by atoms with Crippen LogP contribution < -0.4 is 0 Å². The number of rotatable bonds is 10. The summed E-state index contributed by atoms with van der Waals surface area (Å²) in [5.74, 6) is 0.171. The summed E-state index contributed by atoms with van der Waals surface area (Å²) in [4.78, 5) is 12.2. The van der Waals surface area contributed by atoms with Gasteiger partial charge in [0.25, 0.3) is 0 Å². The Balaban J connectivity index is 1.92. The van der Waals surface area contributed by atoms with Gasteiger partial charge in [-0.1, -0.05) is 147 Å². The van der Waals surface area contributed by atoms with Gasteiger partial charge in [-0.05, 0) is 76.4 Å². The van der Waals surface area contributed by atoms with Gasteiger partial charge in [0.1, 0.15) is 6.10 Å². The van der Waals surface area contributed by atoms with Crippen molar-refractivity contribution in [3.8, 4) is 0 Å². The first-order chi connectivity index (χ1) is 20.0. The van der Waals surface area contributed by atoms with Gasteiger partial charge in [0.05, 0.1) is 6.10 Å². The van der Waals surface area contributed by atoms with Crippen LogP contribution in [0.1, 0.15) is 82.1 Å². The molecule has 0 aromatic rings. The molecule has 0 heterocycles. The van der Waals surface area contributed by atoms with Gasteiger partial charge in [-0.25, -0.2) is 0 Å². The number of Topliss-reactive ketones (excluding diaryl/α,β-unsaturated/α-hetero) is 1. The molecule has 3 atom stereocenters. The Morgan fingerprint density at radius 3 is 1.77 bits per heavy atom. The predicted octanol–water partition coefficient (Wildman–Crippen LogP) is 9.58. The van der Waals surface area contributed by atoms with E-state index in [0.717, 1.165) is 23.1 Å². The van der Waals surface area contributed by atoms with E-state index in [0.29, 0.717) is 17.9 Å². The normalized spacial score (nSPS) is 26.3. The van der Waals surface area contributed by atoms with Crippen molar-refractivity contribution in [2.75, 3.05) is 0 Å². The topological polar surface area (TPSA) is 57.5 Å². The SMILES string of the molecule is CC1=C[C@@H](O)CC(C)(C)[C@H]1/C=C/C(C)=C/C=C/C(C)=C/C=C/C=C(C)\C=C\C=C(C)\C=C\C1=C(C)C(=O)[C@@H](O)CC1(C)C. The molecule has 0 fully saturated rings. The van der Waals surface area contributed by atoms with Crippen LogP contribution in [-0.4, -0.2) is 28.2 Å². The third kappa shape index (κ3) is 11.4. The quantitative estimate of drug-likeness (QED) is 0.199. The van der Waals surface area contributed by atoms with Crippen molar-refractivity contribution in [1.29, 1.82) is 0 Å². The number of carbonyl (C=O) groups excluding carboxylic acids is 1. The molecule has 0 bridgehead atoms. The fourth-order valence-corrected chi connectivity index (χ4v) is 5.89. The fraction of sp³-hybridized carbons (Fsp3) is 0.425. The van der Waals surface area contributed by atoms with E-state index < -0.39 is 6.10 Å². The molecule has 2 N–H and O–H groups in total. The lowest BCUT2D eigenvalue weighted by atomic mass is 9.67. The van der Waals surface area contributed by atoms with Gasteiger partial charge in [-0.3, -0.25) is 4.79 Å². The van der Waals surface area contributed by atoms with Crippen LogP contribution in [-0.2, 0) is 4.79 Å². The Morgan fingerprint density at radius 2 is 1.23 bits per heavy atom. The maximum absolute atomic E-state index is 12.2. The number of ketones is 1. The lowest BCUT2D eigenvalue weighted by molar-refractivity contribution is -0.125. The molecule has 0 unspecified atom stereocenters. The molecule has 0 aromatic carbocycles. The van der Waals surface area contributed by atoms with Gasteiger partial charge >= 0.3 is 0 Å². The number of carbonyl (C=O) groups is 1. The van der Waals surface area contributed by atoms with Crippen LogP contribution in [0.3, 0.4) is 0 Å². The lowest BCUT2D eigenvalue weighted by Gasteiger charge is -2.38. The summed E-state index contributed by atoms with van der Waals surface area (Å²) in [6, 6.07) is 0. The highest BCUT2D eigenvalue weighted by atomic mass is 16.3. The molecule has 2 aliphatic rings. The number of hydrogen-bond acceptors (Lipinski definition) is 3. The van der Waals surface area contributed by atoms with Crippen LogP contribution in [0, 0.1) is 16.7 Å².